The molecule has 2 rings (SSSR count). The summed E-state index contributed by atoms with van der Waals surface area (Å²) in [6.07, 6.45) is 0. The van der Waals surface area contributed by atoms with E-state index in [0.29, 0.717) is 15.7 Å². The van der Waals surface area contributed by atoms with Crippen LogP contribution in [0.25, 0.3) is 0 Å². The normalized spacial score (nSPS) is 10.3. The highest BCUT2D eigenvalue weighted by Gasteiger charge is 2.03. The first-order chi connectivity index (χ1) is 8.06. The Balaban J connectivity index is 2.34. The van der Waals surface area contributed by atoms with Crippen molar-refractivity contribution >= 4 is 40.3 Å². The Bertz CT molecular complexity index is 553. The number of anilines is 3. The van der Waals surface area contributed by atoms with Crippen molar-refractivity contribution in [1.82, 2.24) is 0 Å². The molecule has 88 valence electrons. The summed E-state index contributed by atoms with van der Waals surface area (Å²) >= 11 is 11.8. The molecule has 0 amide bonds. The molecule has 0 saturated heterocycles. The van der Waals surface area contributed by atoms with Crippen LogP contribution in [-0.2, 0) is 0 Å². The molecule has 0 aromatic heterocycles. The van der Waals surface area contributed by atoms with E-state index in [2.05, 4.69) is 5.32 Å². The summed E-state index contributed by atoms with van der Waals surface area (Å²) in [5, 5.41) is 4.60. The smallest absolute Gasteiger partial charge is 0.0632 e. The first-order valence-electron chi connectivity index (χ1n) is 5.14. The van der Waals surface area contributed by atoms with E-state index in [-0.39, 0.29) is 0 Å². The molecular formula is C13H12Cl2N2. The van der Waals surface area contributed by atoms with Crippen LogP contribution in [0.15, 0.2) is 36.4 Å². The molecule has 0 atom stereocenters. The van der Waals surface area contributed by atoms with E-state index in [4.69, 9.17) is 28.9 Å². The van der Waals surface area contributed by atoms with Gasteiger partial charge in [-0.15, -0.1) is 0 Å². The lowest BCUT2D eigenvalue weighted by molar-refractivity contribution is 1.43. The van der Waals surface area contributed by atoms with Crippen LogP contribution < -0.4 is 11.1 Å². The van der Waals surface area contributed by atoms with Gasteiger partial charge in [0.2, 0.25) is 0 Å². The van der Waals surface area contributed by atoms with Gasteiger partial charge in [0.1, 0.15) is 0 Å². The molecule has 0 aliphatic carbocycles. The summed E-state index contributed by atoms with van der Waals surface area (Å²) in [5.74, 6) is 0. The Morgan fingerprint density at radius 2 is 1.59 bits per heavy atom. The van der Waals surface area contributed by atoms with E-state index in [1.807, 2.05) is 25.1 Å². The van der Waals surface area contributed by atoms with Gasteiger partial charge in [0.25, 0.3) is 0 Å². The standard InChI is InChI=1S/C13H12Cl2N2/c1-8-6-9(14)3-5-12(8)17-13-7-10(15)2-4-11(13)16/h2-7,17H,16H2,1H3. The Hall–Kier alpha value is -1.38. The number of nitrogens with two attached hydrogens (primary N) is 1. The summed E-state index contributed by atoms with van der Waals surface area (Å²) in [6, 6.07) is 11.0. The van der Waals surface area contributed by atoms with Crippen molar-refractivity contribution in [3.63, 3.8) is 0 Å². The third kappa shape index (κ3) is 2.84. The van der Waals surface area contributed by atoms with E-state index in [1.54, 1.807) is 18.2 Å². The molecule has 17 heavy (non-hydrogen) atoms. The summed E-state index contributed by atoms with van der Waals surface area (Å²) in [5.41, 5.74) is 9.33. The summed E-state index contributed by atoms with van der Waals surface area (Å²) < 4.78 is 0. The SMILES string of the molecule is Cc1cc(Cl)ccc1Nc1cc(Cl)ccc1N. The third-order valence-corrected chi connectivity index (χ3v) is 2.94. The molecule has 0 aliphatic heterocycles. The molecule has 0 aliphatic rings. The van der Waals surface area contributed by atoms with E-state index in [1.165, 1.54) is 0 Å². The van der Waals surface area contributed by atoms with Gasteiger partial charge in [0.05, 0.1) is 11.4 Å². The number of nitrogens with one attached hydrogen (secondary N) is 1. The van der Waals surface area contributed by atoms with Crippen LogP contribution in [0.3, 0.4) is 0 Å². The average Bonchev–Trinajstić information content (AvgIpc) is 2.27. The topological polar surface area (TPSA) is 38.0 Å². The highest BCUT2D eigenvalue weighted by molar-refractivity contribution is 6.31. The van der Waals surface area contributed by atoms with Crippen molar-refractivity contribution in [3.05, 3.63) is 52.0 Å². The number of hydrogen-bond donors (Lipinski definition) is 2. The van der Waals surface area contributed by atoms with Gasteiger partial charge in [-0.05, 0) is 48.9 Å². The van der Waals surface area contributed by atoms with Crippen molar-refractivity contribution in [2.45, 2.75) is 6.92 Å². The number of hydrogen-bond acceptors (Lipinski definition) is 2. The van der Waals surface area contributed by atoms with Gasteiger partial charge in [-0.25, -0.2) is 0 Å². The van der Waals surface area contributed by atoms with Gasteiger partial charge >= 0.3 is 0 Å². The van der Waals surface area contributed by atoms with Gasteiger partial charge in [0, 0.05) is 15.7 Å². The Kier molecular flexibility index (Phi) is 3.46. The fourth-order valence-electron chi connectivity index (χ4n) is 1.55. The zero-order valence-corrected chi connectivity index (χ0v) is 10.8. The minimum absolute atomic E-state index is 0.647. The molecule has 3 N–H and O–H groups in total. The van der Waals surface area contributed by atoms with Crippen molar-refractivity contribution in [1.29, 1.82) is 0 Å². The lowest BCUT2D eigenvalue weighted by atomic mass is 10.2. The zero-order valence-electron chi connectivity index (χ0n) is 9.30. The molecular weight excluding hydrogens is 255 g/mol. The van der Waals surface area contributed by atoms with Crippen LogP contribution in [0.2, 0.25) is 10.0 Å². The van der Waals surface area contributed by atoms with Gasteiger partial charge in [-0.1, -0.05) is 23.2 Å². The fourth-order valence-corrected chi connectivity index (χ4v) is 1.95. The average molecular weight is 267 g/mol. The quantitative estimate of drug-likeness (QED) is 0.778. The highest BCUT2D eigenvalue weighted by atomic mass is 35.5. The van der Waals surface area contributed by atoms with E-state index >= 15 is 0 Å². The van der Waals surface area contributed by atoms with Crippen molar-refractivity contribution in [3.8, 4) is 0 Å². The second-order valence-electron chi connectivity index (χ2n) is 3.82. The maximum atomic E-state index is 5.93. The van der Waals surface area contributed by atoms with E-state index < -0.39 is 0 Å². The minimum Gasteiger partial charge on any atom is -0.397 e. The maximum absolute atomic E-state index is 5.93. The van der Waals surface area contributed by atoms with E-state index in [0.717, 1.165) is 16.9 Å². The predicted octanol–water partition coefficient (Wildman–Crippen LogP) is 4.63. The maximum Gasteiger partial charge on any atom is 0.0632 e. The summed E-state index contributed by atoms with van der Waals surface area (Å²) in [7, 11) is 0. The summed E-state index contributed by atoms with van der Waals surface area (Å²) in [6.45, 7) is 1.98. The minimum atomic E-state index is 0.647. The third-order valence-electron chi connectivity index (χ3n) is 2.47. The number of benzene rings is 2. The van der Waals surface area contributed by atoms with Gasteiger partial charge in [0.15, 0.2) is 0 Å². The predicted molar refractivity (Wildman–Crippen MR) is 75.3 cm³/mol. The Morgan fingerprint density at radius 1 is 0.941 bits per heavy atom. The molecule has 0 bridgehead atoms. The molecule has 0 spiro atoms. The van der Waals surface area contributed by atoms with Crippen LogP contribution in [0.5, 0.6) is 0 Å². The largest absolute Gasteiger partial charge is 0.397 e. The molecule has 0 heterocycles. The number of halogens is 2. The highest BCUT2D eigenvalue weighted by Crippen LogP contribution is 2.29. The molecule has 0 radical (unpaired) electrons. The summed E-state index contributed by atoms with van der Waals surface area (Å²) in [4.78, 5) is 0. The Labute approximate surface area is 110 Å². The second kappa shape index (κ2) is 4.86. The molecule has 0 saturated carbocycles. The molecule has 2 aromatic rings. The van der Waals surface area contributed by atoms with Crippen molar-refractivity contribution < 1.29 is 0 Å². The molecule has 0 unspecified atom stereocenters. The molecule has 0 fully saturated rings. The lowest BCUT2D eigenvalue weighted by Crippen LogP contribution is -1.97. The molecule has 4 heteroatoms. The first-order valence-corrected chi connectivity index (χ1v) is 5.90. The number of rotatable bonds is 2. The van der Waals surface area contributed by atoms with Crippen molar-refractivity contribution in [2.24, 2.45) is 0 Å². The first kappa shape index (κ1) is 12.1. The number of nitrogen functional groups attached to an aromatic ring is 1. The number of aryl methyl sites for hydroxylation is 1. The van der Waals surface area contributed by atoms with Gasteiger partial charge < -0.3 is 11.1 Å². The fraction of sp³-hybridized carbons (Fsp3) is 0.0769. The van der Waals surface area contributed by atoms with Crippen LogP contribution in [0.1, 0.15) is 5.56 Å². The second-order valence-corrected chi connectivity index (χ2v) is 4.69. The van der Waals surface area contributed by atoms with Gasteiger partial charge in [-0.2, -0.15) is 0 Å². The Morgan fingerprint density at radius 3 is 2.29 bits per heavy atom. The monoisotopic (exact) mass is 266 g/mol. The van der Waals surface area contributed by atoms with E-state index in [9.17, 15) is 0 Å². The van der Waals surface area contributed by atoms with Crippen molar-refractivity contribution in [2.75, 3.05) is 11.1 Å². The van der Waals surface area contributed by atoms with Crippen LogP contribution in [0.4, 0.5) is 17.1 Å². The van der Waals surface area contributed by atoms with Crippen LogP contribution in [0, 0.1) is 6.92 Å². The zero-order chi connectivity index (χ0) is 12.4. The lowest BCUT2D eigenvalue weighted by Gasteiger charge is -2.12. The van der Waals surface area contributed by atoms with Gasteiger partial charge in [-0.3, -0.25) is 0 Å². The van der Waals surface area contributed by atoms with Crippen LogP contribution >= 0.6 is 23.2 Å². The molecule has 2 nitrogen and oxygen atoms in total. The van der Waals surface area contributed by atoms with Crippen LogP contribution in [-0.4, -0.2) is 0 Å². The molecule has 2 aromatic carbocycles.